The first-order valence-electron chi connectivity index (χ1n) is 7.88. The SMILES string of the molecule is C[C@H]1CCCC[C@@H]1NC(=O)COC(=O)COc1cccc(Br)c1. The van der Waals surface area contributed by atoms with Crippen molar-refractivity contribution in [2.45, 2.75) is 38.6 Å². The van der Waals surface area contributed by atoms with Crippen molar-refractivity contribution in [1.82, 2.24) is 5.32 Å². The molecule has 6 heteroatoms. The van der Waals surface area contributed by atoms with Crippen LogP contribution in [0.2, 0.25) is 0 Å². The molecule has 0 heterocycles. The van der Waals surface area contributed by atoms with Crippen LogP contribution in [0, 0.1) is 5.92 Å². The van der Waals surface area contributed by atoms with Gasteiger partial charge in [-0.05, 0) is 37.0 Å². The highest BCUT2D eigenvalue weighted by atomic mass is 79.9. The van der Waals surface area contributed by atoms with Crippen LogP contribution in [0.25, 0.3) is 0 Å². The van der Waals surface area contributed by atoms with E-state index in [1.165, 1.54) is 6.42 Å². The molecule has 2 rings (SSSR count). The van der Waals surface area contributed by atoms with Crippen molar-refractivity contribution in [3.8, 4) is 5.75 Å². The first-order valence-corrected chi connectivity index (χ1v) is 8.67. The fourth-order valence-electron chi connectivity index (χ4n) is 2.67. The minimum atomic E-state index is -0.559. The Morgan fingerprint density at radius 2 is 2.04 bits per heavy atom. The summed E-state index contributed by atoms with van der Waals surface area (Å²) in [4.78, 5) is 23.5. The van der Waals surface area contributed by atoms with E-state index in [1.807, 2.05) is 12.1 Å². The molecule has 126 valence electrons. The Labute approximate surface area is 144 Å². The van der Waals surface area contributed by atoms with Gasteiger partial charge in [-0.2, -0.15) is 0 Å². The number of halogens is 1. The van der Waals surface area contributed by atoms with Gasteiger partial charge in [-0.25, -0.2) is 4.79 Å². The molecule has 0 bridgehead atoms. The van der Waals surface area contributed by atoms with Crippen LogP contribution in [0.1, 0.15) is 32.6 Å². The molecule has 0 saturated heterocycles. The number of rotatable bonds is 6. The van der Waals surface area contributed by atoms with Crippen molar-refractivity contribution in [3.05, 3.63) is 28.7 Å². The number of carbonyl (C=O) groups excluding carboxylic acids is 2. The van der Waals surface area contributed by atoms with Gasteiger partial charge in [-0.3, -0.25) is 4.79 Å². The molecule has 0 radical (unpaired) electrons. The summed E-state index contributed by atoms with van der Waals surface area (Å²) >= 11 is 3.32. The average Bonchev–Trinajstić information content (AvgIpc) is 2.53. The van der Waals surface area contributed by atoms with Gasteiger partial charge in [0.25, 0.3) is 5.91 Å². The molecule has 1 fully saturated rings. The predicted molar refractivity (Wildman–Crippen MR) is 90.2 cm³/mol. The predicted octanol–water partition coefficient (Wildman–Crippen LogP) is 3.07. The average molecular weight is 384 g/mol. The Kier molecular flexibility index (Phi) is 6.89. The number of ether oxygens (including phenoxy) is 2. The third kappa shape index (κ3) is 6.22. The fraction of sp³-hybridized carbons (Fsp3) is 0.529. The molecular weight excluding hydrogens is 362 g/mol. The van der Waals surface area contributed by atoms with Crippen molar-refractivity contribution in [3.63, 3.8) is 0 Å². The van der Waals surface area contributed by atoms with Gasteiger partial charge >= 0.3 is 5.97 Å². The summed E-state index contributed by atoms with van der Waals surface area (Å²) in [6.45, 7) is 1.66. The number of esters is 1. The van der Waals surface area contributed by atoms with E-state index in [-0.39, 0.29) is 25.2 Å². The Hall–Kier alpha value is -1.56. The lowest BCUT2D eigenvalue weighted by atomic mass is 9.86. The van der Waals surface area contributed by atoms with Gasteiger partial charge in [0, 0.05) is 10.5 Å². The molecule has 1 aromatic carbocycles. The van der Waals surface area contributed by atoms with E-state index in [0.29, 0.717) is 11.7 Å². The standard InChI is InChI=1S/C17H22BrNO4/c1-12-5-2-3-8-15(12)19-16(20)10-23-17(21)11-22-14-7-4-6-13(18)9-14/h4,6-7,9,12,15H,2-3,5,8,10-11H2,1H3,(H,19,20)/t12-,15-/m0/s1. The van der Waals surface area contributed by atoms with Crippen LogP contribution in [-0.2, 0) is 14.3 Å². The number of hydrogen-bond acceptors (Lipinski definition) is 4. The van der Waals surface area contributed by atoms with E-state index in [2.05, 4.69) is 28.2 Å². The molecule has 1 aliphatic carbocycles. The summed E-state index contributed by atoms with van der Waals surface area (Å²) in [5.41, 5.74) is 0. The Balaban J connectivity index is 1.66. The Morgan fingerprint density at radius 1 is 1.26 bits per heavy atom. The molecular formula is C17H22BrNO4. The Morgan fingerprint density at radius 3 is 2.78 bits per heavy atom. The third-order valence-electron chi connectivity index (χ3n) is 3.97. The maximum absolute atomic E-state index is 11.8. The highest BCUT2D eigenvalue weighted by Gasteiger charge is 2.23. The topological polar surface area (TPSA) is 64.6 Å². The maximum Gasteiger partial charge on any atom is 0.344 e. The maximum atomic E-state index is 11.8. The normalized spacial score (nSPS) is 20.6. The van der Waals surface area contributed by atoms with Crippen LogP contribution < -0.4 is 10.1 Å². The molecule has 1 aromatic rings. The zero-order valence-corrected chi connectivity index (χ0v) is 14.8. The Bertz CT molecular complexity index is 549. The van der Waals surface area contributed by atoms with Gasteiger partial charge in [0.2, 0.25) is 0 Å². The summed E-state index contributed by atoms with van der Waals surface area (Å²) in [6.07, 6.45) is 4.48. The summed E-state index contributed by atoms with van der Waals surface area (Å²) in [6, 6.07) is 7.36. The van der Waals surface area contributed by atoms with E-state index in [0.717, 1.165) is 23.7 Å². The molecule has 2 atom stereocenters. The van der Waals surface area contributed by atoms with Crippen LogP contribution in [-0.4, -0.2) is 31.1 Å². The molecule has 1 saturated carbocycles. The van der Waals surface area contributed by atoms with E-state index in [9.17, 15) is 9.59 Å². The monoisotopic (exact) mass is 383 g/mol. The van der Waals surface area contributed by atoms with Crippen LogP contribution in [0.5, 0.6) is 5.75 Å². The van der Waals surface area contributed by atoms with Crippen molar-refractivity contribution in [1.29, 1.82) is 0 Å². The van der Waals surface area contributed by atoms with E-state index < -0.39 is 5.97 Å². The van der Waals surface area contributed by atoms with E-state index in [4.69, 9.17) is 9.47 Å². The summed E-state index contributed by atoms with van der Waals surface area (Å²) in [5.74, 6) is 0.233. The molecule has 0 unspecified atom stereocenters. The van der Waals surface area contributed by atoms with E-state index >= 15 is 0 Å². The second-order valence-corrected chi connectivity index (χ2v) is 6.76. The quantitative estimate of drug-likeness (QED) is 0.766. The lowest BCUT2D eigenvalue weighted by Gasteiger charge is -2.29. The molecule has 0 spiro atoms. The third-order valence-corrected chi connectivity index (χ3v) is 4.47. The lowest BCUT2D eigenvalue weighted by molar-refractivity contribution is -0.150. The van der Waals surface area contributed by atoms with Gasteiger partial charge in [-0.1, -0.05) is 41.8 Å². The molecule has 1 N–H and O–H groups in total. The zero-order valence-electron chi connectivity index (χ0n) is 13.2. The van der Waals surface area contributed by atoms with Crippen LogP contribution in [0.3, 0.4) is 0 Å². The van der Waals surface area contributed by atoms with Crippen molar-refractivity contribution < 1.29 is 19.1 Å². The summed E-state index contributed by atoms with van der Waals surface area (Å²) < 4.78 is 11.1. The minimum absolute atomic E-state index is 0.188. The van der Waals surface area contributed by atoms with Gasteiger partial charge in [0.05, 0.1) is 0 Å². The number of amides is 1. The van der Waals surface area contributed by atoms with Crippen molar-refractivity contribution >= 4 is 27.8 Å². The zero-order chi connectivity index (χ0) is 16.7. The molecule has 0 aromatic heterocycles. The summed E-state index contributed by atoms with van der Waals surface area (Å²) in [5, 5.41) is 2.94. The van der Waals surface area contributed by atoms with Gasteiger partial charge < -0.3 is 14.8 Å². The molecule has 0 aliphatic heterocycles. The van der Waals surface area contributed by atoms with Crippen molar-refractivity contribution in [2.75, 3.05) is 13.2 Å². The highest BCUT2D eigenvalue weighted by molar-refractivity contribution is 9.10. The highest BCUT2D eigenvalue weighted by Crippen LogP contribution is 2.23. The smallest absolute Gasteiger partial charge is 0.344 e. The minimum Gasteiger partial charge on any atom is -0.482 e. The first kappa shape index (κ1) is 17.8. The largest absolute Gasteiger partial charge is 0.482 e. The molecule has 1 amide bonds. The van der Waals surface area contributed by atoms with Crippen LogP contribution in [0.4, 0.5) is 0 Å². The van der Waals surface area contributed by atoms with E-state index in [1.54, 1.807) is 12.1 Å². The van der Waals surface area contributed by atoms with Gasteiger partial charge in [0.1, 0.15) is 5.75 Å². The number of benzene rings is 1. The number of carbonyl (C=O) groups is 2. The second-order valence-electron chi connectivity index (χ2n) is 5.84. The van der Waals surface area contributed by atoms with Crippen molar-refractivity contribution in [2.24, 2.45) is 5.92 Å². The van der Waals surface area contributed by atoms with Gasteiger partial charge in [-0.15, -0.1) is 0 Å². The first-order chi connectivity index (χ1) is 11.0. The van der Waals surface area contributed by atoms with Crippen LogP contribution >= 0.6 is 15.9 Å². The number of hydrogen-bond donors (Lipinski definition) is 1. The lowest BCUT2D eigenvalue weighted by Crippen LogP contribution is -2.43. The molecule has 23 heavy (non-hydrogen) atoms. The van der Waals surface area contributed by atoms with Crippen LogP contribution in [0.15, 0.2) is 28.7 Å². The second kappa shape index (κ2) is 8.91. The molecule has 5 nitrogen and oxygen atoms in total. The number of nitrogens with one attached hydrogen (secondary N) is 1. The molecule has 1 aliphatic rings. The summed E-state index contributed by atoms with van der Waals surface area (Å²) in [7, 11) is 0. The fourth-order valence-corrected chi connectivity index (χ4v) is 3.04. The van der Waals surface area contributed by atoms with Gasteiger partial charge in [0.15, 0.2) is 13.2 Å².